The molecule has 0 saturated carbocycles. The summed E-state index contributed by atoms with van der Waals surface area (Å²) >= 11 is 0. The molecule has 0 unspecified atom stereocenters. The average molecular weight is 199 g/mol. The maximum absolute atomic E-state index is 11.2. The molecule has 4 heteroatoms. The maximum Gasteiger partial charge on any atom is 0.262 e. The van der Waals surface area contributed by atoms with Crippen LogP contribution in [-0.2, 0) is 4.79 Å². The van der Waals surface area contributed by atoms with Crippen LogP contribution in [0.15, 0.2) is 30.5 Å². The maximum atomic E-state index is 11.2. The zero-order chi connectivity index (χ0) is 10.3. The van der Waals surface area contributed by atoms with E-state index in [1.165, 1.54) is 6.08 Å². The Labute approximate surface area is 86.0 Å². The Balaban J connectivity index is 2.28. The van der Waals surface area contributed by atoms with Gasteiger partial charge in [0.25, 0.3) is 5.91 Å². The molecule has 2 heterocycles. The molecule has 74 valence electrons. The van der Waals surface area contributed by atoms with Gasteiger partial charge in [0.05, 0.1) is 5.69 Å². The van der Waals surface area contributed by atoms with Crippen LogP contribution in [0.3, 0.4) is 0 Å². The summed E-state index contributed by atoms with van der Waals surface area (Å²) in [7, 11) is 0. The van der Waals surface area contributed by atoms with Crippen molar-refractivity contribution in [3.8, 4) is 0 Å². The van der Waals surface area contributed by atoms with Gasteiger partial charge in [-0.05, 0) is 18.2 Å². The molecule has 0 aliphatic carbocycles. The summed E-state index contributed by atoms with van der Waals surface area (Å²) in [5, 5.41) is 1.07. The molecular weight excluding hydrogens is 190 g/mol. The molecule has 4 nitrogen and oxygen atoms in total. The SMILES string of the molecule is O=C1C=Cc2ccc3[nH]ccc3c2NN1. The fourth-order valence-electron chi connectivity index (χ4n) is 1.76. The molecular formula is C11H9N3O. The zero-order valence-electron chi connectivity index (χ0n) is 7.87. The number of carbonyl (C=O) groups is 1. The molecule has 1 aromatic heterocycles. The highest BCUT2D eigenvalue weighted by atomic mass is 16.2. The third kappa shape index (κ3) is 1.19. The first-order valence-electron chi connectivity index (χ1n) is 4.69. The summed E-state index contributed by atoms with van der Waals surface area (Å²) in [4.78, 5) is 14.3. The number of rotatable bonds is 0. The number of hydrogen-bond donors (Lipinski definition) is 3. The van der Waals surface area contributed by atoms with Crippen molar-refractivity contribution >= 4 is 28.6 Å². The van der Waals surface area contributed by atoms with Gasteiger partial charge >= 0.3 is 0 Å². The number of fused-ring (bicyclic) bond motifs is 3. The van der Waals surface area contributed by atoms with Crippen LogP contribution in [0, 0.1) is 0 Å². The molecule has 1 aliphatic heterocycles. The van der Waals surface area contributed by atoms with E-state index < -0.39 is 0 Å². The second-order valence-electron chi connectivity index (χ2n) is 3.42. The lowest BCUT2D eigenvalue weighted by Crippen LogP contribution is -2.26. The molecule has 1 aromatic carbocycles. The number of hydrogen-bond acceptors (Lipinski definition) is 2. The Morgan fingerprint density at radius 3 is 2.87 bits per heavy atom. The van der Waals surface area contributed by atoms with Crippen molar-refractivity contribution in [1.29, 1.82) is 0 Å². The van der Waals surface area contributed by atoms with E-state index >= 15 is 0 Å². The predicted molar refractivity (Wildman–Crippen MR) is 59.1 cm³/mol. The highest BCUT2D eigenvalue weighted by Gasteiger charge is 2.10. The number of anilines is 1. The topological polar surface area (TPSA) is 56.9 Å². The Hall–Kier alpha value is -2.23. The number of aromatic amines is 1. The number of H-pyrrole nitrogens is 1. The smallest absolute Gasteiger partial charge is 0.262 e. The Morgan fingerprint density at radius 2 is 1.93 bits per heavy atom. The van der Waals surface area contributed by atoms with E-state index in [4.69, 9.17) is 0 Å². The van der Waals surface area contributed by atoms with Crippen LogP contribution in [0.4, 0.5) is 5.69 Å². The third-order valence-electron chi connectivity index (χ3n) is 2.49. The minimum Gasteiger partial charge on any atom is -0.361 e. The molecule has 0 spiro atoms. The predicted octanol–water partition coefficient (Wildman–Crippen LogP) is 1.64. The van der Waals surface area contributed by atoms with Gasteiger partial charge in [-0.15, -0.1) is 0 Å². The molecule has 3 N–H and O–H groups in total. The molecule has 0 atom stereocenters. The van der Waals surface area contributed by atoms with Crippen LogP contribution in [0.2, 0.25) is 0 Å². The summed E-state index contributed by atoms with van der Waals surface area (Å²) in [6.45, 7) is 0. The Bertz CT molecular complexity index is 568. The molecule has 0 saturated heterocycles. The summed E-state index contributed by atoms with van der Waals surface area (Å²) < 4.78 is 0. The molecule has 1 amide bonds. The fraction of sp³-hybridized carbons (Fsp3) is 0. The van der Waals surface area contributed by atoms with Crippen molar-refractivity contribution in [3.63, 3.8) is 0 Å². The number of benzene rings is 1. The first kappa shape index (κ1) is 8.11. The van der Waals surface area contributed by atoms with Gasteiger partial charge in [-0.1, -0.05) is 6.07 Å². The van der Waals surface area contributed by atoms with E-state index in [2.05, 4.69) is 15.8 Å². The van der Waals surface area contributed by atoms with Gasteiger partial charge in [-0.3, -0.25) is 15.6 Å². The van der Waals surface area contributed by atoms with Gasteiger partial charge in [0, 0.05) is 28.7 Å². The number of aromatic nitrogens is 1. The largest absolute Gasteiger partial charge is 0.361 e. The number of nitrogens with one attached hydrogen (secondary N) is 3. The van der Waals surface area contributed by atoms with Gasteiger partial charge < -0.3 is 4.98 Å². The lowest BCUT2D eigenvalue weighted by molar-refractivity contribution is -0.115. The summed E-state index contributed by atoms with van der Waals surface area (Å²) in [6.07, 6.45) is 5.19. The Morgan fingerprint density at radius 1 is 1.00 bits per heavy atom. The quantitative estimate of drug-likeness (QED) is 0.604. The minimum absolute atomic E-state index is 0.144. The van der Waals surface area contributed by atoms with Crippen LogP contribution in [-0.4, -0.2) is 10.9 Å². The second kappa shape index (κ2) is 2.88. The third-order valence-corrected chi connectivity index (χ3v) is 2.49. The minimum atomic E-state index is -0.144. The highest BCUT2D eigenvalue weighted by Crippen LogP contribution is 2.28. The van der Waals surface area contributed by atoms with Crippen LogP contribution in [0.5, 0.6) is 0 Å². The average Bonchev–Trinajstić information content (AvgIpc) is 2.64. The molecule has 3 rings (SSSR count). The van der Waals surface area contributed by atoms with Crippen molar-refractivity contribution in [1.82, 2.24) is 10.4 Å². The van der Waals surface area contributed by atoms with Crippen molar-refractivity contribution in [2.75, 3.05) is 5.43 Å². The van der Waals surface area contributed by atoms with E-state index in [1.807, 2.05) is 24.4 Å². The van der Waals surface area contributed by atoms with E-state index in [-0.39, 0.29) is 5.91 Å². The fourth-order valence-corrected chi connectivity index (χ4v) is 1.76. The van der Waals surface area contributed by atoms with E-state index in [1.54, 1.807) is 6.08 Å². The first-order chi connectivity index (χ1) is 7.34. The van der Waals surface area contributed by atoms with E-state index in [0.29, 0.717) is 0 Å². The van der Waals surface area contributed by atoms with Crippen molar-refractivity contribution in [2.45, 2.75) is 0 Å². The molecule has 0 bridgehead atoms. The van der Waals surface area contributed by atoms with Gasteiger partial charge in [-0.25, -0.2) is 0 Å². The zero-order valence-corrected chi connectivity index (χ0v) is 7.87. The normalized spacial score (nSPS) is 14.3. The van der Waals surface area contributed by atoms with Crippen molar-refractivity contribution in [2.24, 2.45) is 0 Å². The highest BCUT2D eigenvalue weighted by molar-refractivity contribution is 6.02. The summed E-state index contributed by atoms with van der Waals surface area (Å²) in [5.74, 6) is -0.144. The van der Waals surface area contributed by atoms with Crippen molar-refractivity contribution < 1.29 is 4.79 Å². The second-order valence-corrected chi connectivity index (χ2v) is 3.42. The standard InChI is InChI=1S/C11H9N3O/c15-10-4-2-7-1-3-9-8(5-6-12-9)11(7)14-13-10/h1-6,12,14H,(H,13,15). The summed E-state index contributed by atoms with van der Waals surface area (Å²) in [6, 6.07) is 5.94. The molecule has 15 heavy (non-hydrogen) atoms. The lowest BCUT2D eigenvalue weighted by atomic mass is 10.1. The van der Waals surface area contributed by atoms with Crippen LogP contribution in [0.1, 0.15) is 5.56 Å². The van der Waals surface area contributed by atoms with Gasteiger partial charge in [0.15, 0.2) is 0 Å². The van der Waals surface area contributed by atoms with Gasteiger partial charge in [-0.2, -0.15) is 0 Å². The van der Waals surface area contributed by atoms with Crippen LogP contribution >= 0.6 is 0 Å². The first-order valence-corrected chi connectivity index (χ1v) is 4.69. The monoisotopic (exact) mass is 199 g/mol. The van der Waals surface area contributed by atoms with E-state index in [0.717, 1.165) is 22.2 Å². The Kier molecular flexibility index (Phi) is 1.56. The van der Waals surface area contributed by atoms with Gasteiger partial charge in [0.1, 0.15) is 0 Å². The lowest BCUT2D eigenvalue weighted by Gasteiger charge is -2.08. The van der Waals surface area contributed by atoms with Crippen LogP contribution in [0.25, 0.3) is 17.0 Å². The molecule has 0 radical (unpaired) electrons. The number of hydrazine groups is 1. The van der Waals surface area contributed by atoms with E-state index in [9.17, 15) is 4.79 Å². The van der Waals surface area contributed by atoms with Crippen LogP contribution < -0.4 is 10.9 Å². The molecule has 1 aliphatic rings. The van der Waals surface area contributed by atoms with Gasteiger partial charge in [0.2, 0.25) is 0 Å². The number of amides is 1. The van der Waals surface area contributed by atoms with Crippen molar-refractivity contribution in [3.05, 3.63) is 36.0 Å². The number of carbonyl (C=O) groups excluding carboxylic acids is 1. The summed E-state index contributed by atoms with van der Waals surface area (Å²) in [5.41, 5.74) is 8.49. The molecule has 2 aromatic rings. The molecule has 0 fully saturated rings.